The average molecular weight is 338 g/mol. The van der Waals surface area contributed by atoms with E-state index in [1.165, 1.54) is 25.2 Å². The summed E-state index contributed by atoms with van der Waals surface area (Å²) >= 11 is 0. The van der Waals surface area contributed by atoms with Crippen molar-refractivity contribution in [1.82, 2.24) is 15.3 Å². The first kappa shape index (κ1) is 16.2. The third-order valence-electron chi connectivity index (χ3n) is 4.36. The van der Waals surface area contributed by atoms with Crippen molar-refractivity contribution in [1.29, 1.82) is 0 Å². The fourth-order valence-corrected chi connectivity index (χ4v) is 4.72. The SMILES string of the molecule is O=C(NC1CCS(=O)(=O)C1)c1cnc(N2CCCCCC2)nc1. The molecule has 1 amide bonds. The van der Waals surface area contributed by atoms with E-state index >= 15 is 0 Å². The first-order chi connectivity index (χ1) is 11.0. The number of hydrogen-bond acceptors (Lipinski definition) is 6. The standard InChI is InChI=1S/C15H22N4O3S/c20-14(18-13-5-8-23(21,22)11-13)12-9-16-15(17-10-12)19-6-3-1-2-4-7-19/h9-10,13H,1-8,11H2,(H,18,20). The summed E-state index contributed by atoms with van der Waals surface area (Å²) < 4.78 is 22.9. The van der Waals surface area contributed by atoms with Crippen molar-refractivity contribution in [2.24, 2.45) is 0 Å². The Kier molecular flexibility index (Phi) is 4.79. The highest BCUT2D eigenvalue weighted by atomic mass is 32.2. The molecule has 0 spiro atoms. The molecule has 2 saturated heterocycles. The van der Waals surface area contributed by atoms with E-state index in [2.05, 4.69) is 20.2 Å². The van der Waals surface area contributed by atoms with Crippen molar-refractivity contribution in [3.05, 3.63) is 18.0 Å². The second-order valence-electron chi connectivity index (χ2n) is 6.25. The zero-order chi connectivity index (χ0) is 16.3. The number of rotatable bonds is 3. The smallest absolute Gasteiger partial charge is 0.254 e. The highest BCUT2D eigenvalue weighted by Gasteiger charge is 2.29. The molecule has 3 rings (SSSR count). The van der Waals surface area contributed by atoms with E-state index in [-0.39, 0.29) is 23.5 Å². The third kappa shape index (κ3) is 4.19. The van der Waals surface area contributed by atoms with Crippen molar-refractivity contribution in [3.63, 3.8) is 0 Å². The monoisotopic (exact) mass is 338 g/mol. The molecule has 2 fully saturated rings. The van der Waals surface area contributed by atoms with Crippen LogP contribution in [-0.2, 0) is 9.84 Å². The largest absolute Gasteiger partial charge is 0.348 e. The molecule has 8 heteroatoms. The minimum absolute atomic E-state index is 0.0193. The lowest BCUT2D eigenvalue weighted by molar-refractivity contribution is 0.0940. The van der Waals surface area contributed by atoms with Crippen molar-refractivity contribution >= 4 is 21.7 Å². The highest BCUT2D eigenvalue weighted by Crippen LogP contribution is 2.16. The van der Waals surface area contributed by atoms with Gasteiger partial charge in [-0.05, 0) is 19.3 Å². The molecule has 0 aliphatic carbocycles. The maximum absolute atomic E-state index is 12.2. The van der Waals surface area contributed by atoms with Crippen LogP contribution in [0.2, 0.25) is 0 Å². The van der Waals surface area contributed by atoms with E-state index < -0.39 is 9.84 Å². The number of sulfone groups is 1. The number of aromatic nitrogens is 2. The summed E-state index contributed by atoms with van der Waals surface area (Å²) in [4.78, 5) is 22.9. The molecule has 0 saturated carbocycles. The van der Waals surface area contributed by atoms with Crippen LogP contribution < -0.4 is 10.2 Å². The molecule has 1 aromatic rings. The molecule has 126 valence electrons. The van der Waals surface area contributed by atoms with Crippen molar-refractivity contribution in [3.8, 4) is 0 Å². The van der Waals surface area contributed by atoms with Gasteiger partial charge in [0.05, 0.1) is 17.1 Å². The third-order valence-corrected chi connectivity index (χ3v) is 6.12. The summed E-state index contributed by atoms with van der Waals surface area (Å²) in [7, 11) is -3.00. The van der Waals surface area contributed by atoms with Gasteiger partial charge >= 0.3 is 0 Å². The van der Waals surface area contributed by atoms with Crippen LogP contribution in [0.1, 0.15) is 42.5 Å². The number of anilines is 1. The molecule has 0 radical (unpaired) electrons. The number of amides is 1. The maximum atomic E-state index is 12.2. The zero-order valence-electron chi connectivity index (χ0n) is 13.1. The van der Waals surface area contributed by atoms with Gasteiger partial charge in [-0.1, -0.05) is 12.8 Å². The molecule has 23 heavy (non-hydrogen) atoms. The summed E-state index contributed by atoms with van der Waals surface area (Å²) in [6.07, 6.45) is 8.27. The normalized spacial score (nSPS) is 24.2. The fourth-order valence-electron chi connectivity index (χ4n) is 3.05. The Hall–Kier alpha value is -1.70. The van der Waals surface area contributed by atoms with Crippen LogP contribution in [-0.4, -0.2) is 54.9 Å². The first-order valence-electron chi connectivity index (χ1n) is 8.12. The van der Waals surface area contributed by atoms with Crippen LogP contribution in [0.25, 0.3) is 0 Å². The lowest BCUT2D eigenvalue weighted by Gasteiger charge is -2.20. The Labute approximate surface area is 136 Å². The summed E-state index contributed by atoms with van der Waals surface area (Å²) in [5.74, 6) is 0.509. The van der Waals surface area contributed by atoms with Crippen LogP contribution in [0.3, 0.4) is 0 Å². The van der Waals surface area contributed by atoms with Gasteiger partial charge in [0, 0.05) is 31.5 Å². The molecule has 2 aliphatic heterocycles. The number of carbonyl (C=O) groups excluding carboxylic acids is 1. The minimum atomic E-state index is -3.00. The predicted molar refractivity (Wildman–Crippen MR) is 87.2 cm³/mol. The first-order valence-corrected chi connectivity index (χ1v) is 9.94. The van der Waals surface area contributed by atoms with Gasteiger partial charge in [-0.3, -0.25) is 4.79 Å². The fraction of sp³-hybridized carbons (Fsp3) is 0.667. The molecule has 0 aromatic carbocycles. The number of carbonyl (C=O) groups is 1. The van der Waals surface area contributed by atoms with E-state index in [1.807, 2.05) is 0 Å². The molecule has 1 N–H and O–H groups in total. The van der Waals surface area contributed by atoms with E-state index in [1.54, 1.807) is 0 Å². The maximum Gasteiger partial charge on any atom is 0.254 e. The number of nitrogens with one attached hydrogen (secondary N) is 1. The van der Waals surface area contributed by atoms with E-state index in [9.17, 15) is 13.2 Å². The van der Waals surface area contributed by atoms with E-state index in [4.69, 9.17) is 0 Å². The van der Waals surface area contributed by atoms with Crippen LogP contribution in [0.15, 0.2) is 12.4 Å². The Bertz CT molecular complexity index is 652. The van der Waals surface area contributed by atoms with Gasteiger partial charge in [-0.2, -0.15) is 0 Å². The lowest BCUT2D eigenvalue weighted by Crippen LogP contribution is -2.35. The predicted octanol–water partition coefficient (Wildman–Crippen LogP) is 0.774. The molecule has 0 bridgehead atoms. The van der Waals surface area contributed by atoms with Crippen LogP contribution in [0, 0.1) is 0 Å². The molecular weight excluding hydrogens is 316 g/mol. The second kappa shape index (κ2) is 6.82. The molecule has 1 unspecified atom stereocenters. The summed E-state index contributed by atoms with van der Waals surface area (Å²) in [5.41, 5.74) is 0.368. The zero-order valence-corrected chi connectivity index (χ0v) is 13.9. The van der Waals surface area contributed by atoms with Crippen LogP contribution in [0.5, 0.6) is 0 Å². The van der Waals surface area contributed by atoms with Gasteiger partial charge in [0.1, 0.15) is 0 Å². The molecule has 3 heterocycles. The molecular formula is C15H22N4O3S. The summed E-state index contributed by atoms with van der Waals surface area (Å²) in [5, 5.41) is 2.75. The Morgan fingerprint density at radius 3 is 2.35 bits per heavy atom. The topological polar surface area (TPSA) is 92.3 Å². The number of nitrogens with zero attached hydrogens (tertiary/aromatic N) is 3. The van der Waals surface area contributed by atoms with Gasteiger partial charge < -0.3 is 10.2 Å². The van der Waals surface area contributed by atoms with Gasteiger partial charge in [0.2, 0.25) is 5.95 Å². The van der Waals surface area contributed by atoms with Crippen LogP contribution >= 0.6 is 0 Å². The Morgan fingerprint density at radius 1 is 1.13 bits per heavy atom. The molecule has 2 aliphatic rings. The highest BCUT2D eigenvalue weighted by molar-refractivity contribution is 7.91. The molecule has 7 nitrogen and oxygen atoms in total. The Morgan fingerprint density at radius 2 is 1.78 bits per heavy atom. The quantitative estimate of drug-likeness (QED) is 0.875. The molecule has 1 atom stereocenters. The van der Waals surface area contributed by atoms with Crippen molar-refractivity contribution in [2.75, 3.05) is 29.5 Å². The summed E-state index contributed by atoms with van der Waals surface area (Å²) in [6, 6.07) is -0.308. The lowest BCUT2D eigenvalue weighted by atomic mass is 10.2. The Balaban J connectivity index is 1.61. The second-order valence-corrected chi connectivity index (χ2v) is 8.48. The van der Waals surface area contributed by atoms with Crippen molar-refractivity contribution in [2.45, 2.75) is 38.1 Å². The van der Waals surface area contributed by atoms with Gasteiger partial charge in [-0.25, -0.2) is 18.4 Å². The van der Waals surface area contributed by atoms with E-state index in [0.717, 1.165) is 25.9 Å². The van der Waals surface area contributed by atoms with Crippen LogP contribution in [0.4, 0.5) is 5.95 Å². The minimum Gasteiger partial charge on any atom is -0.348 e. The summed E-state index contributed by atoms with van der Waals surface area (Å²) in [6.45, 7) is 1.90. The molecule has 1 aromatic heterocycles. The van der Waals surface area contributed by atoms with Gasteiger partial charge in [0.25, 0.3) is 5.91 Å². The van der Waals surface area contributed by atoms with Crippen molar-refractivity contribution < 1.29 is 13.2 Å². The van der Waals surface area contributed by atoms with E-state index in [0.29, 0.717) is 17.9 Å². The van der Waals surface area contributed by atoms with Gasteiger partial charge in [0.15, 0.2) is 9.84 Å². The van der Waals surface area contributed by atoms with Gasteiger partial charge in [-0.15, -0.1) is 0 Å². The average Bonchev–Trinajstić information content (AvgIpc) is 2.75. The number of hydrogen-bond donors (Lipinski definition) is 1.